The van der Waals surface area contributed by atoms with Crippen molar-refractivity contribution in [3.8, 4) is 0 Å². The third-order valence-corrected chi connectivity index (χ3v) is 3.85. The van der Waals surface area contributed by atoms with Gasteiger partial charge < -0.3 is 15.3 Å². The van der Waals surface area contributed by atoms with Crippen molar-refractivity contribution in [2.24, 2.45) is 0 Å². The van der Waals surface area contributed by atoms with Crippen molar-refractivity contribution in [2.45, 2.75) is 25.9 Å². The van der Waals surface area contributed by atoms with Crippen molar-refractivity contribution in [3.05, 3.63) is 29.6 Å². The molecule has 1 aromatic heterocycles. The zero-order chi connectivity index (χ0) is 15.8. The lowest BCUT2D eigenvalue weighted by Gasteiger charge is -2.25. The van der Waals surface area contributed by atoms with E-state index in [2.05, 4.69) is 10.3 Å². The van der Waals surface area contributed by atoms with E-state index in [9.17, 15) is 9.59 Å². The van der Waals surface area contributed by atoms with E-state index in [0.29, 0.717) is 5.69 Å². The van der Waals surface area contributed by atoms with Crippen LogP contribution in [0.4, 0.5) is 4.79 Å². The van der Waals surface area contributed by atoms with Crippen LogP contribution in [0, 0.1) is 0 Å². The number of rotatable bonds is 7. The molecule has 0 aliphatic carbocycles. The van der Waals surface area contributed by atoms with Crippen LogP contribution in [0.25, 0.3) is 0 Å². The fourth-order valence-corrected chi connectivity index (χ4v) is 2.26. The van der Waals surface area contributed by atoms with Gasteiger partial charge in [-0.25, -0.2) is 9.59 Å². The Balaban J connectivity index is 2.52. The maximum absolute atomic E-state index is 12.0. The third-order valence-electron chi connectivity index (χ3n) is 3.21. The quantitative estimate of drug-likeness (QED) is 0.805. The minimum Gasteiger partial charge on any atom is -0.478 e. The van der Waals surface area contributed by atoms with E-state index in [1.807, 2.05) is 13.2 Å². The Labute approximate surface area is 128 Å². The zero-order valence-electron chi connectivity index (χ0n) is 12.5. The Morgan fingerprint density at radius 2 is 2.24 bits per heavy atom. The average Bonchev–Trinajstić information content (AvgIpc) is 2.49. The van der Waals surface area contributed by atoms with Gasteiger partial charge in [0.15, 0.2) is 0 Å². The van der Waals surface area contributed by atoms with Gasteiger partial charge in [0.2, 0.25) is 0 Å². The smallest absolute Gasteiger partial charge is 0.335 e. The van der Waals surface area contributed by atoms with Crippen LogP contribution in [0.1, 0.15) is 29.4 Å². The average molecular weight is 311 g/mol. The second-order valence-electron chi connectivity index (χ2n) is 4.74. The van der Waals surface area contributed by atoms with Crippen molar-refractivity contribution in [1.82, 2.24) is 15.2 Å². The monoisotopic (exact) mass is 311 g/mol. The molecule has 0 aromatic carbocycles. The Kier molecular flexibility index (Phi) is 7.01. The summed E-state index contributed by atoms with van der Waals surface area (Å²) in [7, 11) is 1.75. The highest BCUT2D eigenvalue weighted by molar-refractivity contribution is 7.98. The lowest BCUT2D eigenvalue weighted by atomic mass is 10.2. The molecule has 0 saturated carbocycles. The van der Waals surface area contributed by atoms with Crippen LogP contribution in [0.3, 0.4) is 0 Å². The topological polar surface area (TPSA) is 82.5 Å². The van der Waals surface area contributed by atoms with E-state index in [1.165, 1.54) is 18.3 Å². The molecule has 21 heavy (non-hydrogen) atoms. The van der Waals surface area contributed by atoms with Gasteiger partial charge in [0.1, 0.15) is 0 Å². The highest BCUT2D eigenvalue weighted by Crippen LogP contribution is 2.07. The standard InChI is InChI=1S/C14H21N3O3S/c1-10(5-7-21-3)17(2)14(20)16-9-12-8-11(13(18)19)4-6-15-12/h4,6,8,10H,5,7,9H2,1-3H3,(H,16,20)(H,18,19). The van der Waals surface area contributed by atoms with Crippen LogP contribution in [-0.2, 0) is 6.54 Å². The van der Waals surface area contributed by atoms with Crippen molar-refractivity contribution < 1.29 is 14.7 Å². The molecule has 0 aliphatic rings. The first kappa shape index (κ1) is 17.3. The third kappa shape index (κ3) is 5.63. The molecule has 1 heterocycles. The van der Waals surface area contributed by atoms with E-state index < -0.39 is 5.97 Å². The van der Waals surface area contributed by atoms with Gasteiger partial charge >= 0.3 is 12.0 Å². The van der Waals surface area contributed by atoms with Crippen LogP contribution in [-0.4, -0.2) is 52.1 Å². The van der Waals surface area contributed by atoms with Crippen molar-refractivity contribution in [2.75, 3.05) is 19.1 Å². The number of aromatic carboxylic acids is 1. The molecule has 2 N–H and O–H groups in total. The van der Waals surface area contributed by atoms with Gasteiger partial charge in [0.05, 0.1) is 17.8 Å². The predicted octanol–water partition coefficient (Wildman–Crippen LogP) is 2.06. The number of carboxylic acids is 1. The molecule has 6 nitrogen and oxygen atoms in total. The van der Waals surface area contributed by atoms with Crippen molar-refractivity contribution in [3.63, 3.8) is 0 Å². The number of nitrogens with one attached hydrogen (secondary N) is 1. The number of thioether (sulfide) groups is 1. The summed E-state index contributed by atoms with van der Waals surface area (Å²) in [5.74, 6) is -0.00569. The first-order valence-corrected chi connectivity index (χ1v) is 8.03. The summed E-state index contributed by atoms with van der Waals surface area (Å²) in [6.45, 7) is 2.21. The highest BCUT2D eigenvalue weighted by Gasteiger charge is 2.15. The molecule has 7 heteroatoms. The molecule has 116 valence electrons. The first-order chi connectivity index (χ1) is 9.95. The summed E-state index contributed by atoms with van der Waals surface area (Å²) in [6, 6.07) is 2.84. The lowest BCUT2D eigenvalue weighted by molar-refractivity contribution is 0.0696. The summed E-state index contributed by atoms with van der Waals surface area (Å²) >= 11 is 1.75. The second kappa shape index (κ2) is 8.51. The Morgan fingerprint density at radius 1 is 1.52 bits per heavy atom. The number of pyridine rings is 1. The summed E-state index contributed by atoms with van der Waals surface area (Å²) in [5, 5.41) is 11.7. The Morgan fingerprint density at radius 3 is 2.86 bits per heavy atom. The molecular formula is C14H21N3O3S. The van der Waals surface area contributed by atoms with Gasteiger partial charge in [-0.3, -0.25) is 4.98 Å². The number of carbonyl (C=O) groups excluding carboxylic acids is 1. The van der Waals surface area contributed by atoms with Gasteiger partial charge in [-0.1, -0.05) is 0 Å². The fourth-order valence-electron chi connectivity index (χ4n) is 1.68. The fraction of sp³-hybridized carbons (Fsp3) is 0.500. The molecule has 1 rings (SSSR count). The highest BCUT2D eigenvalue weighted by atomic mass is 32.2. The number of urea groups is 1. The summed E-state index contributed by atoms with van der Waals surface area (Å²) in [4.78, 5) is 28.6. The molecule has 0 spiro atoms. The summed E-state index contributed by atoms with van der Waals surface area (Å²) < 4.78 is 0. The molecule has 0 fully saturated rings. The van der Waals surface area contributed by atoms with Gasteiger partial charge in [-0.2, -0.15) is 11.8 Å². The first-order valence-electron chi connectivity index (χ1n) is 6.63. The number of carbonyl (C=O) groups is 2. The molecule has 1 atom stereocenters. The summed E-state index contributed by atoms with van der Waals surface area (Å²) in [6.07, 6.45) is 4.39. The summed E-state index contributed by atoms with van der Waals surface area (Å²) in [5.41, 5.74) is 0.685. The number of hydrogen-bond donors (Lipinski definition) is 2. The van der Waals surface area contributed by atoms with Crippen LogP contribution in [0.2, 0.25) is 0 Å². The lowest BCUT2D eigenvalue weighted by Crippen LogP contribution is -2.42. The molecule has 2 amide bonds. The molecular weight excluding hydrogens is 290 g/mol. The SMILES string of the molecule is CSCCC(C)N(C)C(=O)NCc1cc(C(=O)O)ccn1. The maximum Gasteiger partial charge on any atom is 0.335 e. The molecule has 0 aliphatic heterocycles. The maximum atomic E-state index is 12.0. The van der Waals surface area contributed by atoms with Crippen molar-refractivity contribution >= 4 is 23.8 Å². The van der Waals surface area contributed by atoms with Crippen LogP contribution < -0.4 is 5.32 Å². The predicted molar refractivity (Wildman–Crippen MR) is 83.7 cm³/mol. The minimum absolute atomic E-state index is 0.149. The minimum atomic E-state index is -1.01. The van der Waals surface area contributed by atoms with E-state index in [4.69, 9.17) is 5.11 Å². The second-order valence-corrected chi connectivity index (χ2v) is 5.73. The Hall–Kier alpha value is -1.76. The molecule has 1 unspecified atom stereocenters. The van der Waals surface area contributed by atoms with E-state index in [0.717, 1.165) is 12.2 Å². The Bertz CT molecular complexity index is 496. The van der Waals surface area contributed by atoms with Crippen LogP contribution >= 0.6 is 11.8 Å². The number of hydrogen-bond acceptors (Lipinski definition) is 4. The number of nitrogens with zero attached hydrogens (tertiary/aromatic N) is 2. The largest absolute Gasteiger partial charge is 0.478 e. The number of amides is 2. The molecule has 1 aromatic rings. The van der Waals surface area contributed by atoms with E-state index in [1.54, 1.807) is 23.7 Å². The normalized spacial score (nSPS) is 11.8. The molecule has 0 bridgehead atoms. The van der Waals surface area contributed by atoms with Gasteiger partial charge in [0.25, 0.3) is 0 Å². The van der Waals surface area contributed by atoms with E-state index in [-0.39, 0.29) is 24.2 Å². The van der Waals surface area contributed by atoms with Crippen LogP contribution in [0.15, 0.2) is 18.3 Å². The van der Waals surface area contributed by atoms with Gasteiger partial charge in [-0.05, 0) is 37.5 Å². The number of aromatic nitrogens is 1. The number of carboxylic acid groups (broad SMARTS) is 1. The van der Waals surface area contributed by atoms with Gasteiger partial charge in [0, 0.05) is 19.3 Å². The van der Waals surface area contributed by atoms with Crippen molar-refractivity contribution in [1.29, 1.82) is 0 Å². The molecule has 0 saturated heterocycles. The van der Waals surface area contributed by atoms with Gasteiger partial charge in [-0.15, -0.1) is 0 Å². The zero-order valence-corrected chi connectivity index (χ0v) is 13.3. The van der Waals surface area contributed by atoms with E-state index >= 15 is 0 Å². The molecule has 0 radical (unpaired) electrons. The van der Waals surface area contributed by atoms with Crippen LogP contribution in [0.5, 0.6) is 0 Å².